The molecule has 3 rings (SSSR count). The van der Waals surface area contributed by atoms with Gasteiger partial charge in [-0.15, -0.1) is 0 Å². The Hall–Kier alpha value is -2.14. The fourth-order valence-corrected chi connectivity index (χ4v) is 2.95. The summed E-state index contributed by atoms with van der Waals surface area (Å²) in [6.07, 6.45) is 1.99. The van der Waals surface area contributed by atoms with Crippen LogP contribution in [0.4, 0.5) is 4.39 Å². The molecule has 1 fully saturated rings. The fraction of sp³-hybridized carbons (Fsp3) is 0.353. The zero-order valence-electron chi connectivity index (χ0n) is 12.5. The molecular weight excluding hydrogens is 283 g/mol. The van der Waals surface area contributed by atoms with Crippen molar-refractivity contribution < 1.29 is 13.6 Å². The van der Waals surface area contributed by atoms with Gasteiger partial charge in [0.05, 0.1) is 5.56 Å². The molecule has 1 aromatic heterocycles. The molecule has 0 radical (unpaired) electrons. The largest absolute Gasteiger partial charge is 0.451 e. The van der Waals surface area contributed by atoms with Crippen LogP contribution < -0.4 is 5.32 Å². The number of halogens is 1. The molecule has 0 spiro atoms. The summed E-state index contributed by atoms with van der Waals surface area (Å²) < 4.78 is 19.4. The third-order valence-electron chi connectivity index (χ3n) is 4.03. The van der Waals surface area contributed by atoms with Crippen molar-refractivity contribution in [3.05, 3.63) is 48.0 Å². The summed E-state index contributed by atoms with van der Waals surface area (Å²) in [7, 11) is 1.88. The molecule has 116 valence electrons. The first-order chi connectivity index (χ1) is 10.7. The smallest absolute Gasteiger partial charge is 0.289 e. The number of likely N-dealkylation sites (N-methyl/N-ethyl adjacent to an activating group) is 1. The minimum absolute atomic E-state index is 0.125. The van der Waals surface area contributed by atoms with Crippen LogP contribution in [0.3, 0.4) is 0 Å². The van der Waals surface area contributed by atoms with E-state index in [1.165, 1.54) is 6.07 Å². The molecule has 4 nitrogen and oxygen atoms in total. The number of benzene rings is 1. The predicted octanol–water partition coefficient (Wildman–Crippen LogP) is 2.91. The van der Waals surface area contributed by atoms with Crippen molar-refractivity contribution in [1.29, 1.82) is 0 Å². The quantitative estimate of drug-likeness (QED) is 0.944. The van der Waals surface area contributed by atoms with Gasteiger partial charge in [-0.1, -0.05) is 12.1 Å². The lowest BCUT2D eigenvalue weighted by molar-refractivity contribution is 0.0705. The molecule has 1 aliphatic rings. The highest BCUT2D eigenvalue weighted by atomic mass is 19.1. The molecule has 22 heavy (non-hydrogen) atoms. The summed E-state index contributed by atoms with van der Waals surface area (Å²) >= 11 is 0. The van der Waals surface area contributed by atoms with E-state index in [1.807, 2.05) is 11.9 Å². The molecule has 1 unspecified atom stereocenters. The van der Waals surface area contributed by atoms with Gasteiger partial charge in [0.25, 0.3) is 5.91 Å². The second kappa shape index (κ2) is 6.32. The first-order valence-electron chi connectivity index (χ1n) is 7.51. The normalized spacial score (nSPS) is 17.9. The van der Waals surface area contributed by atoms with E-state index in [-0.39, 0.29) is 23.5 Å². The number of hydrogen-bond donors (Lipinski definition) is 1. The zero-order chi connectivity index (χ0) is 15.5. The molecule has 1 aliphatic heterocycles. The van der Waals surface area contributed by atoms with Gasteiger partial charge in [0, 0.05) is 19.1 Å². The van der Waals surface area contributed by atoms with E-state index in [9.17, 15) is 9.18 Å². The maximum absolute atomic E-state index is 13.8. The number of nitrogens with zero attached hydrogens (tertiary/aromatic N) is 1. The van der Waals surface area contributed by atoms with Crippen LogP contribution in [-0.2, 0) is 0 Å². The van der Waals surface area contributed by atoms with Gasteiger partial charge in [-0.3, -0.25) is 4.79 Å². The van der Waals surface area contributed by atoms with E-state index in [2.05, 4.69) is 5.32 Å². The highest BCUT2D eigenvalue weighted by Crippen LogP contribution is 2.27. The summed E-state index contributed by atoms with van der Waals surface area (Å²) in [5, 5.41) is 3.11. The van der Waals surface area contributed by atoms with Crippen molar-refractivity contribution in [2.75, 3.05) is 20.1 Å². The SMILES string of the molecule is CNCC1CCCN1C(=O)c1ccc(-c2ccccc2F)o1. The average Bonchev–Trinajstić information content (AvgIpc) is 3.17. The highest BCUT2D eigenvalue weighted by molar-refractivity contribution is 5.92. The van der Waals surface area contributed by atoms with Crippen LogP contribution in [0, 0.1) is 5.82 Å². The number of carbonyl (C=O) groups is 1. The molecule has 1 atom stereocenters. The standard InChI is InChI=1S/C17H19FN2O2/c1-19-11-12-5-4-10-20(12)17(21)16-9-8-15(22-16)13-6-2-3-7-14(13)18/h2-3,6-9,12,19H,4-5,10-11H2,1H3. The summed E-state index contributed by atoms with van der Waals surface area (Å²) in [5.74, 6) is 0.164. The van der Waals surface area contributed by atoms with Gasteiger partial charge < -0.3 is 14.6 Å². The van der Waals surface area contributed by atoms with E-state index in [0.717, 1.165) is 25.9 Å². The Kier molecular flexibility index (Phi) is 4.24. The highest BCUT2D eigenvalue weighted by Gasteiger charge is 2.30. The first-order valence-corrected chi connectivity index (χ1v) is 7.51. The Morgan fingerprint density at radius 2 is 2.18 bits per heavy atom. The second-order valence-electron chi connectivity index (χ2n) is 5.50. The average molecular weight is 302 g/mol. The van der Waals surface area contributed by atoms with Gasteiger partial charge in [0.2, 0.25) is 0 Å². The number of carbonyl (C=O) groups excluding carboxylic acids is 1. The lowest BCUT2D eigenvalue weighted by Crippen LogP contribution is -2.40. The van der Waals surface area contributed by atoms with Crippen LogP contribution in [0.5, 0.6) is 0 Å². The molecule has 0 aliphatic carbocycles. The predicted molar refractivity (Wildman–Crippen MR) is 82.1 cm³/mol. The van der Waals surface area contributed by atoms with Gasteiger partial charge in [-0.05, 0) is 44.2 Å². The van der Waals surface area contributed by atoms with Gasteiger partial charge in [-0.2, -0.15) is 0 Å². The number of likely N-dealkylation sites (tertiary alicyclic amines) is 1. The molecule has 1 amide bonds. The zero-order valence-corrected chi connectivity index (χ0v) is 12.5. The Bertz CT molecular complexity index is 668. The van der Waals surface area contributed by atoms with Crippen molar-refractivity contribution in [3.8, 4) is 11.3 Å². The molecule has 1 N–H and O–H groups in total. The number of rotatable bonds is 4. The van der Waals surface area contributed by atoms with Crippen molar-refractivity contribution in [2.24, 2.45) is 0 Å². The van der Waals surface area contributed by atoms with Crippen molar-refractivity contribution in [1.82, 2.24) is 10.2 Å². The van der Waals surface area contributed by atoms with Crippen molar-refractivity contribution in [2.45, 2.75) is 18.9 Å². The monoisotopic (exact) mass is 302 g/mol. The molecule has 2 heterocycles. The van der Waals surface area contributed by atoms with E-state index in [0.29, 0.717) is 11.3 Å². The third kappa shape index (κ3) is 2.76. The number of hydrogen-bond acceptors (Lipinski definition) is 3. The van der Waals surface area contributed by atoms with E-state index >= 15 is 0 Å². The van der Waals surface area contributed by atoms with Gasteiger partial charge in [0.1, 0.15) is 11.6 Å². The van der Waals surface area contributed by atoms with Crippen LogP contribution in [-0.4, -0.2) is 37.0 Å². The Morgan fingerprint density at radius 1 is 1.36 bits per heavy atom. The summed E-state index contributed by atoms with van der Waals surface area (Å²) in [4.78, 5) is 14.4. The van der Waals surface area contributed by atoms with Gasteiger partial charge in [-0.25, -0.2) is 4.39 Å². The third-order valence-corrected chi connectivity index (χ3v) is 4.03. The number of nitrogens with one attached hydrogen (secondary N) is 1. The minimum atomic E-state index is -0.356. The summed E-state index contributed by atoms with van der Waals surface area (Å²) in [6, 6.07) is 9.85. The molecule has 5 heteroatoms. The summed E-state index contributed by atoms with van der Waals surface area (Å²) in [5.41, 5.74) is 0.370. The number of furan rings is 1. The van der Waals surface area contributed by atoms with Gasteiger partial charge >= 0.3 is 0 Å². The number of amides is 1. The Balaban J connectivity index is 1.82. The topological polar surface area (TPSA) is 45.5 Å². The van der Waals surface area contributed by atoms with Gasteiger partial charge in [0.15, 0.2) is 5.76 Å². The molecule has 1 aromatic carbocycles. The van der Waals surface area contributed by atoms with Crippen molar-refractivity contribution >= 4 is 5.91 Å². The second-order valence-corrected chi connectivity index (χ2v) is 5.50. The molecule has 0 saturated carbocycles. The maximum atomic E-state index is 13.8. The lowest BCUT2D eigenvalue weighted by Gasteiger charge is -2.23. The van der Waals surface area contributed by atoms with Crippen molar-refractivity contribution in [3.63, 3.8) is 0 Å². The fourth-order valence-electron chi connectivity index (χ4n) is 2.95. The van der Waals surface area contributed by atoms with Crippen LogP contribution in [0.25, 0.3) is 11.3 Å². The summed E-state index contributed by atoms with van der Waals surface area (Å²) in [6.45, 7) is 1.51. The van der Waals surface area contributed by atoms with E-state index in [1.54, 1.807) is 30.3 Å². The molecule has 0 bridgehead atoms. The van der Waals surface area contributed by atoms with Crippen LogP contribution in [0.1, 0.15) is 23.4 Å². The van der Waals surface area contributed by atoms with Crippen LogP contribution >= 0.6 is 0 Å². The van der Waals surface area contributed by atoms with E-state index in [4.69, 9.17) is 4.42 Å². The molecule has 1 saturated heterocycles. The maximum Gasteiger partial charge on any atom is 0.289 e. The van der Waals surface area contributed by atoms with E-state index < -0.39 is 0 Å². The Morgan fingerprint density at radius 3 is 2.95 bits per heavy atom. The lowest BCUT2D eigenvalue weighted by atomic mass is 10.1. The molecule has 2 aromatic rings. The first kappa shape index (κ1) is 14.8. The Labute approximate surface area is 128 Å². The minimum Gasteiger partial charge on any atom is -0.451 e. The van der Waals surface area contributed by atoms with Crippen LogP contribution in [0.2, 0.25) is 0 Å². The van der Waals surface area contributed by atoms with Crippen LogP contribution in [0.15, 0.2) is 40.8 Å². The molecular formula is C17H19FN2O2.